The van der Waals surface area contributed by atoms with Crippen LogP contribution in [0.15, 0.2) is 34.8 Å². The van der Waals surface area contributed by atoms with E-state index in [1.54, 1.807) is 11.0 Å². The Hall–Kier alpha value is -2.19. The van der Waals surface area contributed by atoms with Crippen molar-refractivity contribution in [2.24, 2.45) is 0 Å². The number of nitrogens with one attached hydrogen (secondary N) is 1. The first-order valence-electron chi connectivity index (χ1n) is 8.21. The lowest BCUT2D eigenvalue weighted by molar-refractivity contribution is -0.129. The molecule has 2 aromatic rings. The van der Waals surface area contributed by atoms with Gasteiger partial charge in [-0.3, -0.25) is 4.79 Å². The zero-order valence-electron chi connectivity index (χ0n) is 14.0. The van der Waals surface area contributed by atoms with Gasteiger partial charge in [0.2, 0.25) is 21.8 Å². The van der Waals surface area contributed by atoms with Gasteiger partial charge in [-0.1, -0.05) is 12.1 Å². The molecule has 1 unspecified atom stereocenters. The zero-order chi connectivity index (χ0) is 17.9. The minimum Gasteiger partial charge on any atom is -0.437 e. The second-order valence-corrected chi connectivity index (χ2v) is 7.99. The van der Waals surface area contributed by atoms with Gasteiger partial charge >= 0.3 is 0 Å². The fraction of sp³-hybridized carbons (Fsp3) is 0.412. The number of carbonyl (C=O) groups excluding carboxylic acids is 1. The number of hydrogen-bond acceptors (Lipinski definition) is 5. The smallest absolute Gasteiger partial charge is 0.247 e. The molecule has 8 heteroatoms. The maximum Gasteiger partial charge on any atom is 0.247 e. The predicted octanol–water partition coefficient (Wildman–Crippen LogP) is 1.77. The van der Waals surface area contributed by atoms with Crippen LogP contribution in [0.3, 0.4) is 0 Å². The molecule has 25 heavy (non-hydrogen) atoms. The average molecular weight is 363 g/mol. The lowest BCUT2D eigenvalue weighted by Crippen LogP contribution is -2.48. The molecule has 1 atom stereocenters. The topological polar surface area (TPSA) is 92.5 Å². The second-order valence-electron chi connectivity index (χ2n) is 6.16. The molecule has 1 aromatic carbocycles. The van der Waals surface area contributed by atoms with Crippen molar-refractivity contribution in [3.63, 3.8) is 0 Å². The number of amides is 1. The van der Waals surface area contributed by atoms with Gasteiger partial charge in [0.1, 0.15) is 5.52 Å². The molecular formula is C17H21N3O4S. The molecule has 1 aliphatic heterocycles. The summed E-state index contributed by atoms with van der Waals surface area (Å²) in [7, 11) is -3.27. The highest BCUT2D eigenvalue weighted by atomic mass is 32.2. The van der Waals surface area contributed by atoms with E-state index in [9.17, 15) is 13.2 Å². The van der Waals surface area contributed by atoms with Gasteiger partial charge in [0.05, 0.1) is 6.26 Å². The Morgan fingerprint density at radius 3 is 2.96 bits per heavy atom. The number of benzene rings is 1. The summed E-state index contributed by atoms with van der Waals surface area (Å²) in [6, 6.07) is 7.26. The molecule has 0 spiro atoms. The third-order valence-electron chi connectivity index (χ3n) is 4.17. The predicted molar refractivity (Wildman–Crippen MR) is 95.2 cm³/mol. The molecule has 3 rings (SSSR count). The molecule has 0 bridgehead atoms. The van der Waals surface area contributed by atoms with Crippen LogP contribution in [0.4, 0.5) is 0 Å². The van der Waals surface area contributed by atoms with Crippen molar-refractivity contribution >= 4 is 33.1 Å². The molecule has 7 nitrogen and oxygen atoms in total. The number of piperidine rings is 1. The third-order valence-corrected chi connectivity index (χ3v) is 4.86. The summed E-state index contributed by atoms with van der Waals surface area (Å²) in [5, 5.41) is 0. The number of para-hydroxylation sites is 2. The van der Waals surface area contributed by atoms with E-state index >= 15 is 0 Å². The Morgan fingerprint density at radius 2 is 2.20 bits per heavy atom. The van der Waals surface area contributed by atoms with Crippen molar-refractivity contribution in [1.29, 1.82) is 0 Å². The van der Waals surface area contributed by atoms with E-state index < -0.39 is 10.0 Å². The Morgan fingerprint density at radius 1 is 1.40 bits per heavy atom. The van der Waals surface area contributed by atoms with Gasteiger partial charge in [-0.2, -0.15) is 0 Å². The number of hydrogen-bond donors (Lipinski definition) is 1. The van der Waals surface area contributed by atoms with E-state index in [2.05, 4.69) is 9.71 Å². The molecule has 0 saturated carbocycles. The summed E-state index contributed by atoms with van der Waals surface area (Å²) in [5.41, 5.74) is 1.41. The van der Waals surface area contributed by atoms with Crippen LogP contribution in [-0.4, -0.2) is 49.6 Å². The van der Waals surface area contributed by atoms with Crippen molar-refractivity contribution in [2.45, 2.75) is 25.3 Å². The number of carbonyl (C=O) groups is 1. The van der Waals surface area contributed by atoms with E-state index in [-0.39, 0.29) is 18.5 Å². The first-order valence-corrected chi connectivity index (χ1v) is 10.1. The van der Waals surface area contributed by atoms with E-state index in [0.717, 1.165) is 31.0 Å². The number of sulfonamides is 1. The van der Waals surface area contributed by atoms with E-state index in [1.165, 1.54) is 6.08 Å². The zero-order valence-corrected chi connectivity index (χ0v) is 14.8. The Labute approximate surface area is 146 Å². The quantitative estimate of drug-likeness (QED) is 0.818. The summed E-state index contributed by atoms with van der Waals surface area (Å²) >= 11 is 0. The number of aromatic nitrogens is 1. The van der Waals surface area contributed by atoms with Crippen LogP contribution in [-0.2, 0) is 14.8 Å². The molecule has 0 radical (unpaired) electrons. The standard InChI is InChI=1S/C17H21N3O4S/c1-25(22,23)18-12-13-6-4-5-11-20(13)17(21)10-9-16-19-14-7-2-3-8-15(14)24-16/h2-3,7-10,13,18H,4-6,11-12H2,1H3/b10-9+. The lowest BCUT2D eigenvalue weighted by Gasteiger charge is -2.35. The van der Waals surface area contributed by atoms with Crippen molar-refractivity contribution in [1.82, 2.24) is 14.6 Å². The molecule has 0 aliphatic carbocycles. The van der Waals surface area contributed by atoms with Crippen molar-refractivity contribution in [3.05, 3.63) is 36.2 Å². The molecule has 1 fully saturated rings. The van der Waals surface area contributed by atoms with E-state index in [4.69, 9.17) is 4.42 Å². The number of likely N-dealkylation sites (tertiary alicyclic amines) is 1. The van der Waals surface area contributed by atoms with E-state index in [1.807, 2.05) is 24.3 Å². The summed E-state index contributed by atoms with van der Waals surface area (Å²) in [6.07, 6.45) is 6.79. The molecule has 1 N–H and O–H groups in total. The SMILES string of the molecule is CS(=O)(=O)NCC1CCCCN1C(=O)/C=C/c1nc2ccccc2o1. The summed E-state index contributed by atoms with van der Waals surface area (Å²) < 4.78 is 30.7. The van der Waals surface area contributed by atoms with Crippen molar-refractivity contribution in [2.75, 3.05) is 19.3 Å². The molecule has 1 aliphatic rings. The van der Waals surface area contributed by atoms with Crippen LogP contribution >= 0.6 is 0 Å². The summed E-state index contributed by atoms with van der Waals surface area (Å²) in [6.45, 7) is 0.855. The minimum absolute atomic E-state index is 0.135. The molecular weight excluding hydrogens is 342 g/mol. The van der Waals surface area contributed by atoms with Crippen LogP contribution in [0.25, 0.3) is 17.2 Å². The minimum atomic E-state index is -3.27. The van der Waals surface area contributed by atoms with Crippen molar-refractivity contribution in [3.8, 4) is 0 Å². The van der Waals surface area contributed by atoms with Gasteiger partial charge in [0.25, 0.3) is 0 Å². The number of oxazole rings is 1. The Balaban J connectivity index is 1.69. The molecule has 2 heterocycles. The highest BCUT2D eigenvalue weighted by Gasteiger charge is 2.26. The fourth-order valence-corrected chi connectivity index (χ4v) is 3.45. The number of nitrogens with zero attached hydrogens (tertiary/aromatic N) is 2. The van der Waals surface area contributed by atoms with Gasteiger partial charge in [0.15, 0.2) is 5.58 Å². The van der Waals surface area contributed by atoms with Crippen LogP contribution in [0.2, 0.25) is 0 Å². The highest BCUT2D eigenvalue weighted by Crippen LogP contribution is 2.19. The maximum absolute atomic E-state index is 12.5. The maximum atomic E-state index is 12.5. The van der Waals surface area contributed by atoms with Crippen LogP contribution < -0.4 is 4.72 Å². The molecule has 1 saturated heterocycles. The van der Waals surface area contributed by atoms with Gasteiger partial charge in [0, 0.05) is 31.3 Å². The van der Waals surface area contributed by atoms with Gasteiger partial charge in [-0.25, -0.2) is 18.1 Å². The monoisotopic (exact) mass is 363 g/mol. The van der Waals surface area contributed by atoms with E-state index in [0.29, 0.717) is 18.0 Å². The third kappa shape index (κ3) is 4.67. The summed E-state index contributed by atoms with van der Waals surface area (Å²) in [5.74, 6) is 0.208. The average Bonchev–Trinajstić information content (AvgIpc) is 3.00. The van der Waals surface area contributed by atoms with Crippen molar-refractivity contribution < 1.29 is 17.6 Å². The van der Waals surface area contributed by atoms with Gasteiger partial charge < -0.3 is 9.32 Å². The molecule has 134 valence electrons. The normalized spacial score (nSPS) is 18.9. The Bertz CT molecular complexity index is 855. The first kappa shape index (κ1) is 17.6. The number of rotatable bonds is 5. The largest absolute Gasteiger partial charge is 0.437 e. The van der Waals surface area contributed by atoms with Crippen LogP contribution in [0.5, 0.6) is 0 Å². The first-order chi connectivity index (χ1) is 11.9. The van der Waals surface area contributed by atoms with Gasteiger partial charge in [-0.15, -0.1) is 0 Å². The Kier molecular flexibility index (Phi) is 5.19. The molecule has 1 aromatic heterocycles. The highest BCUT2D eigenvalue weighted by molar-refractivity contribution is 7.88. The lowest BCUT2D eigenvalue weighted by atomic mass is 10.0. The summed E-state index contributed by atoms with van der Waals surface area (Å²) in [4.78, 5) is 18.5. The second kappa shape index (κ2) is 7.37. The fourth-order valence-electron chi connectivity index (χ4n) is 2.95. The number of fused-ring (bicyclic) bond motifs is 1. The van der Waals surface area contributed by atoms with Crippen LogP contribution in [0, 0.1) is 0 Å². The molecule has 1 amide bonds. The van der Waals surface area contributed by atoms with Gasteiger partial charge in [-0.05, 0) is 31.4 Å². The van der Waals surface area contributed by atoms with Crippen LogP contribution in [0.1, 0.15) is 25.2 Å².